The fourth-order valence-electron chi connectivity index (χ4n) is 4.06. The fourth-order valence-corrected chi connectivity index (χ4v) is 4.06. The lowest BCUT2D eigenvalue weighted by atomic mass is 9.75. The standard InChI is InChI=1S/C22H36O2/c1-4-6-7-8-18-9-11-20(12-10-18)22-14-13-21(17-19(22)5-2)24-16-15-23-3/h13-14,17-18,20H,4-12,15-16H2,1-3H3. The lowest BCUT2D eigenvalue weighted by Gasteiger charge is -2.30. The number of hydrogen-bond acceptors (Lipinski definition) is 2. The second-order valence-electron chi connectivity index (χ2n) is 7.27. The molecule has 0 amide bonds. The monoisotopic (exact) mass is 332 g/mol. The molecule has 0 aliphatic heterocycles. The minimum absolute atomic E-state index is 0.627. The third-order valence-electron chi connectivity index (χ3n) is 5.55. The number of hydrogen-bond donors (Lipinski definition) is 0. The van der Waals surface area contributed by atoms with E-state index in [4.69, 9.17) is 9.47 Å². The summed E-state index contributed by atoms with van der Waals surface area (Å²) in [5.74, 6) is 2.73. The molecule has 2 heteroatoms. The number of methoxy groups -OCH3 is 1. The molecule has 0 atom stereocenters. The normalized spacial score (nSPS) is 21.0. The van der Waals surface area contributed by atoms with Gasteiger partial charge in [-0.05, 0) is 67.2 Å². The van der Waals surface area contributed by atoms with Gasteiger partial charge in [-0.1, -0.05) is 45.6 Å². The summed E-state index contributed by atoms with van der Waals surface area (Å²) >= 11 is 0. The van der Waals surface area contributed by atoms with Crippen molar-refractivity contribution in [2.24, 2.45) is 5.92 Å². The number of unbranched alkanes of at least 4 members (excludes halogenated alkanes) is 2. The van der Waals surface area contributed by atoms with Crippen molar-refractivity contribution in [1.29, 1.82) is 0 Å². The number of rotatable bonds is 10. The highest BCUT2D eigenvalue weighted by atomic mass is 16.5. The zero-order valence-corrected chi connectivity index (χ0v) is 16.0. The van der Waals surface area contributed by atoms with Crippen LogP contribution >= 0.6 is 0 Å². The Kier molecular flexibility index (Phi) is 8.66. The Morgan fingerprint density at radius 3 is 2.46 bits per heavy atom. The van der Waals surface area contributed by atoms with Crippen molar-refractivity contribution in [2.75, 3.05) is 20.3 Å². The van der Waals surface area contributed by atoms with Crippen molar-refractivity contribution in [3.05, 3.63) is 29.3 Å². The van der Waals surface area contributed by atoms with Crippen molar-refractivity contribution in [3.63, 3.8) is 0 Å². The van der Waals surface area contributed by atoms with Gasteiger partial charge >= 0.3 is 0 Å². The highest BCUT2D eigenvalue weighted by molar-refractivity contribution is 5.38. The van der Waals surface area contributed by atoms with Gasteiger partial charge in [0.1, 0.15) is 12.4 Å². The van der Waals surface area contributed by atoms with E-state index >= 15 is 0 Å². The maximum absolute atomic E-state index is 5.78. The predicted molar refractivity (Wildman–Crippen MR) is 102 cm³/mol. The van der Waals surface area contributed by atoms with Gasteiger partial charge in [0.15, 0.2) is 0 Å². The van der Waals surface area contributed by atoms with Crippen molar-refractivity contribution in [2.45, 2.75) is 77.6 Å². The van der Waals surface area contributed by atoms with E-state index in [0.717, 1.165) is 24.0 Å². The van der Waals surface area contributed by atoms with E-state index in [1.807, 2.05) is 0 Å². The summed E-state index contributed by atoms with van der Waals surface area (Å²) in [6, 6.07) is 6.72. The summed E-state index contributed by atoms with van der Waals surface area (Å²) in [7, 11) is 1.71. The van der Waals surface area contributed by atoms with E-state index in [1.165, 1.54) is 56.9 Å². The molecule has 1 aromatic rings. The van der Waals surface area contributed by atoms with Crippen molar-refractivity contribution in [1.82, 2.24) is 0 Å². The van der Waals surface area contributed by atoms with E-state index in [9.17, 15) is 0 Å². The molecule has 0 saturated heterocycles. The average Bonchev–Trinajstić information content (AvgIpc) is 2.63. The van der Waals surface area contributed by atoms with E-state index in [1.54, 1.807) is 12.7 Å². The second-order valence-corrected chi connectivity index (χ2v) is 7.27. The summed E-state index contributed by atoms with van der Waals surface area (Å²) in [6.45, 7) is 5.83. The maximum atomic E-state index is 5.78. The van der Waals surface area contributed by atoms with Gasteiger partial charge < -0.3 is 9.47 Å². The van der Waals surface area contributed by atoms with Gasteiger partial charge in [-0.25, -0.2) is 0 Å². The van der Waals surface area contributed by atoms with Crippen molar-refractivity contribution >= 4 is 0 Å². The van der Waals surface area contributed by atoms with Gasteiger partial charge in [-0.2, -0.15) is 0 Å². The minimum atomic E-state index is 0.627. The molecule has 1 saturated carbocycles. The number of ether oxygens (including phenoxy) is 2. The minimum Gasteiger partial charge on any atom is -0.491 e. The molecule has 0 heterocycles. The Morgan fingerprint density at radius 2 is 1.79 bits per heavy atom. The van der Waals surface area contributed by atoms with E-state index in [-0.39, 0.29) is 0 Å². The molecule has 136 valence electrons. The maximum Gasteiger partial charge on any atom is 0.119 e. The molecule has 0 unspecified atom stereocenters. The van der Waals surface area contributed by atoms with Crippen LogP contribution in [0.2, 0.25) is 0 Å². The van der Waals surface area contributed by atoms with E-state index in [0.29, 0.717) is 13.2 Å². The van der Waals surface area contributed by atoms with Crippen LogP contribution in [0.5, 0.6) is 5.75 Å². The van der Waals surface area contributed by atoms with Crippen molar-refractivity contribution in [3.8, 4) is 5.75 Å². The Morgan fingerprint density at radius 1 is 1.00 bits per heavy atom. The van der Waals surface area contributed by atoms with Crippen LogP contribution in [0, 0.1) is 5.92 Å². The van der Waals surface area contributed by atoms with Gasteiger partial charge in [-0.15, -0.1) is 0 Å². The highest BCUT2D eigenvalue weighted by Crippen LogP contribution is 2.39. The smallest absolute Gasteiger partial charge is 0.119 e. The van der Waals surface area contributed by atoms with Crippen LogP contribution < -0.4 is 4.74 Å². The van der Waals surface area contributed by atoms with Crippen LogP contribution in [0.1, 0.15) is 82.3 Å². The lowest BCUT2D eigenvalue weighted by Crippen LogP contribution is -2.14. The largest absolute Gasteiger partial charge is 0.491 e. The van der Waals surface area contributed by atoms with Crippen molar-refractivity contribution < 1.29 is 9.47 Å². The average molecular weight is 333 g/mol. The molecule has 0 radical (unpaired) electrons. The number of benzene rings is 1. The van der Waals surface area contributed by atoms with Gasteiger partial charge in [0.2, 0.25) is 0 Å². The van der Waals surface area contributed by atoms with Crippen LogP contribution in [0.25, 0.3) is 0 Å². The molecule has 1 fully saturated rings. The van der Waals surface area contributed by atoms with Crippen LogP contribution in [0.3, 0.4) is 0 Å². The van der Waals surface area contributed by atoms with Gasteiger partial charge in [0.25, 0.3) is 0 Å². The highest BCUT2D eigenvalue weighted by Gasteiger charge is 2.23. The summed E-state index contributed by atoms with van der Waals surface area (Å²) in [5, 5.41) is 0. The topological polar surface area (TPSA) is 18.5 Å². The van der Waals surface area contributed by atoms with Gasteiger partial charge in [0, 0.05) is 7.11 Å². The zero-order chi connectivity index (χ0) is 17.2. The fraction of sp³-hybridized carbons (Fsp3) is 0.727. The predicted octanol–water partition coefficient (Wildman–Crippen LogP) is 6.13. The Labute approximate surface area is 148 Å². The molecule has 2 rings (SSSR count). The second kappa shape index (κ2) is 10.8. The Hall–Kier alpha value is -1.02. The SMILES string of the molecule is CCCCCC1CCC(c2ccc(OCCOC)cc2CC)CC1. The zero-order valence-electron chi connectivity index (χ0n) is 16.0. The van der Waals surface area contributed by atoms with Crippen LogP contribution in [-0.2, 0) is 11.2 Å². The van der Waals surface area contributed by atoms with E-state index in [2.05, 4.69) is 32.0 Å². The molecule has 2 nitrogen and oxygen atoms in total. The third kappa shape index (κ3) is 5.81. The first-order valence-corrected chi connectivity index (χ1v) is 10.0. The quantitative estimate of drug-likeness (QED) is 0.480. The summed E-state index contributed by atoms with van der Waals surface area (Å²) in [6.07, 6.45) is 12.3. The first-order valence-electron chi connectivity index (χ1n) is 10.0. The van der Waals surface area contributed by atoms with Gasteiger partial charge in [-0.3, -0.25) is 0 Å². The third-order valence-corrected chi connectivity index (χ3v) is 5.55. The molecular formula is C22H36O2. The molecule has 0 aromatic heterocycles. The molecule has 1 aliphatic rings. The molecule has 0 N–H and O–H groups in total. The Bertz CT molecular complexity index is 461. The number of aryl methyl sites for hydroxylation is 1. The van der Waals surface area contributed by atoms with Crippen LogP contribution in [0.15, 0.2) is 18.2 Å². The molecule has 1 aliphatic carbocycles. The van der Waals surface area contributed by atoms with Gasteiger partial charge in [0.05, 0.1) is 6.61 Å². The molecule has 0 spiro atoms. The first-order chi connectivity index (χ1) is 11.8. The lowest BCUT2D eigenvalue weighted by molar-refractivity contribution is 0.146. The molecular weight excluding hydrogens is 296 g/mol. The van der Waals surface area contributed by atoms with Crippen LogP contribution in [0.4, 0.5) is 0 Å². The first kappa shape index (κ1) is 19.3. The summed E-state index contributed by atoms with van der Waals surface area (Å²) in [5.41, 5.74) is 3.04. The molecule has 0 bridgehead atoms. The van der Waals surface area contributed by atoms with Crippen LogP contribution in [-0.4, -0.2) is 20.3 Å². The van der Waals surface area contributed by atoms with E-state index < -0.39 is 0 Å². The molecule has 24 heavy (non-hydrogen) atoms. The summed E-state index contributed by atoms with van der Waals surface area (Å²) < 4.78 is 10.8. The Balaban J connectivity index is 1.89. The molecule has 1 aromatic carbocycles. The summed E-state index contributed by atoms with van der Waals surface area (Å²) in [4.78, 5) is 0.